The summed E-state index contributed by atoms with van der Waals surface area (Å²) in [6.45, 7) is 2.11. The van der Waals surface area contributed by atoms with Crippen molar-refractivity contribution < 1.29 is 38.6 Å². The number of pyridine rings is 1. The molecule has 3 aromatic carbocycles. The molecule has 2 heterocycles. The average Bonchev–Trinajstić information content (AvgIpc) is 2.99. The Hall–Kier alpha value is -3.20. The zero-order valence-electron chi connectivity index (χ0n) is 17.3. The molecule has 0 aliphatic heterocycles. The van der Waals surface area contributed by atoms with Gasteiger partial charge in [0.25, 0.3) is 5.69 Å². The first-order valence-corrected chi connectivity index (χ1v) is 9.64. The molecule has 156 valence electrons. The Labute approximate surface area is 195 Å². The summed E-state index contributed by atoms with van der Waals surface area (Å²) < 4.78 is 4.20. The zero-order valence-corrected chi connectivity index (χ0v) is 19.4. The molecule has 0 fully saturated rings. The highest BCUT2D eigenvalue weighted by molar-refractivity contribution is 6.16. The molecule has 0 spiro atoms. The van der Waals surface area contributed by atoms with Gasteiger partial charge >= 0.3 is 0 Å². The molecule has 1 N–H and O–H groups in total. The van der Waals surface area contributed by atoms with Gasteiger partial charge in [0.05, 0.1) is 15.8 Å². The van der Waals surface area contributed by atoms with Gasteiger partial charge in [0.15, 0.2) is 6.20 Å². The minimum absolute atomic E-state index is 0. The second-order valence-electron chi connectivity index (χ2n) is 7.70. The predicted molar refractivity (Wildman–Crippen MR) is 118 cm³/mol. The lowest BCUT2D eigenvalue weighted by Crippen LogP contribution is -3.00. The van der Waals surface area contributed by atoms with Crippen molar-refractivity contribution in [3.8, 4) is 17.0 Å². The van der Waals surface area contributed by atoms with Crippen molar-refractivity contribution in [1.82, 2.24) is 4.57 Å². The minimum atomic E-state index is -0.386. The number of non-ortho nitro benzene ring substituents is 1. The van der Waals surface area contributed by atoms with Crippen molar-refractivity contribution in [3.63, 3.8) is 0 Å². The lowest BCUT2D eigenvalue weighted by molar-refractivity contribution is -0.659. The molecule has 5 rings (SSSR count). The molecule has 0 aliphatic carbocycles. The van der Waals surface area contributed by atoms with E-state index < -0.39 is 0 Å². The minimum Gasteiger partial charge on any atom is -1.00 e. The Morgan fingerprint density at radius 2 is 1.68 bits per heavy atom. The van der Waals surface area contributed by atoms with Gasteiger partial charge in [-0.3, -0.25) is 10.1 Å². The summed E-state index contributed by atoms with van der Waals surface area (Å²) in [6.07, 6.45) is 2.02. The highest BCUT2D eigenvalue weighted by Gasteiger charge is 2.21. The lowest BCUT2D eigenvalue weighted by Gasteiger charge is -2.10. The van der Waals surface area contributed by atoms with Crippen molar-refractivity contribution in [2.24, 2.45) is 14.1 Å². The van der Waals surface area contributed by atoms with Crippen LogP contribution in [0.2, 0.25) is 0 Å². The van der Waals surface area contributed by atoms with Gasteiger partial charge in [0, 0.05) is 47.1 Å². The second kappa shape index (κ2) is 7.49. The quantitative estimate of drug-likeness (QED) is 0.166. The molecule has 6 nitrogen and oxygen atoms in total. The maximum atomic E-state index is 11.1. The van der Waals surface area contributed by atoms with Crippen molar-refractivity contribution in [3.05, 3.63) is 76.5 Å². The number of nitro groups is 1. The molecule has 31 heavy (non-hydrogen) atoms. The van der Waals surface area contributed by atoms with Gasteiger partial charge in [-0.15, -0.1) is 0 Å². The summed E-state index contributed by atoms with van der Waals surface area (Å²) in [7, 11) is 4.02. The van der Waals surface area contributed by atoms with Crippen LogP contribution in [0.4, 0.5) is 5.69 Å². The molecule has 0 saturated carbocycles. The Kier molecular flexibility index (Phi) is 5.09. The largest absolute Gasteiger partial charge is 1.00 e. The third kappa shape index (κ3) is 3.11. The topological polar surface area (TPSA) is 72.2 Å². The number of hydrogen-bond acceptors (Lipinski definition) is 3. The van der Waals surface area contributed by atoms with Gasteiger partial charge in [0.2, 0.25) is 5.69 Å². The van der Waals surface area contributed by atoms with Crippen molar-refractivity contribution in [1.29, 1.82) is 0 Å². The van der Waals surface area contributed by atoms with Crippen LogP contribution in [0, 0.1) is 17.0 Å². The normalized spacial score (nSPS) is 11.2. The van der Waals surface area contributed by atoms with Gasteiger partial charge in [-0.05, 0) is 54.3 Å². The van der Waals surface area contributed by atoms with Crippen LogP contribution >= 0.6 is 0 Å². The van der Waals surface area contributed by atoms with Crippen LogP contribution in [-0.2, 0) is 14.1 Å². The summed E-state index contributed by atoms with van der Waals surface area (Å²) in [5.74, 6) is 0.238. The van der Waals surface area contributed by atoms with E-state index in [1.165, 1.54) is 12.1 Å². The van der Waals surface area contributed by atoms with E-state index in [1.807, 2.05) is 30.9 Å². The third-order valence-corrected chi connectivity index (χ3v) is 5.98. The number of aryl methyl sites for hydroxylation is 3. The van der Waals surface area contributed by atoms with E-state index in [4.69, 9.17) is 0 Å². The Morgan fingerprint density at radius 1 is 0.968 bits per heavy atom. The highest BCUT2D eigenvalue weighted by Crippen LogP contribution is 2.38. The maximum absolute atomic E-state index is 11.1. The number of nitro benzene ring substituents is 1. The average molecular weight is 525 g/mol. The van der Waals surface area contributed by atoms with Crippen molar-refractivity contribution in [2.75, 3.05) is 0 Å². The van der Waals surface area contributed by atoms with E-state index in [9.17, 15) is 15.2 Å². The molecule has 0 radical (unpaired) electrons. The number of phenolic OH excluding ortho intramolecular Hbond substituents is 1. The molecule has 5 aromatic rings. The van der Waals surface area contributed by atoms with Gasteiger partial charge < -0.3 is 33.7 Å². The second-order valence-corrected chi connectivity index (χ2v) is 7.70. The van der Waals surface area contributed by atoms with E-state index in [-0.39, 0.29) is 40.3 Å². The number of fused-ring (bicyclic) bond motifs is 4. The zero-order chi connectivity index (χ0) is 21.2. The predicted octanol–water partition coefficient (Wildman–Crippen LogP) is 1.90. The lowest BCUT2D eigenvalue weighted by atomic mass is 9.97. The number of benzene rings is 3. The number of phenols is 1. The molecular formula is C24H20IN3O3. The maximum Gasteiger partial charge on any atom is 0.269 e. The van der Waals surface area contributed by atoms with Crippen LogP contribution in [0.5, 0.6) is 5.75 Å². The van der Waals surface area contributed by atoms with Gasteiger partial charge in [0.1, 0.15) is 12.8 Å². The van der Waals surface area contributed by atoms with Crippen molar-refractivity contribution in [2.45, 2.75) is 6.92 Å². The molecule has 0 unspecified atom stereocenters. The standard InChI is InChI=1S/C24H19N3O3.HI/c1-14-18-10-11-25(2)24(15-4-6-16(7-5-15)27(29)30)20(18)13-21-19-12-17(28)8-9-22(19)26(3)23(14)21;/h4-13H,1-3H3;1H. The molecule has 2 aromatic heterocycles. The van der Waals surface area contributed by atoms with Gasteiger partial charge in [-0.2, -0.15) is 0 Å². The Balaban J connectivity index is 0.00000231. The smallest absolute Gasteiger partial charge is 0.269 e. The number of rotatable bonds is 2. The SMILES string of the molecule is Cc1c2cc[n+](C)c(-c3ccc([N+](=O)[O-])cc3)c2cc2c3cc(O)ccc3n(C)c12.[I-]. The first-order valence-electron chi connectivity index (χ1n) is 9.64. The number of aromatic hydroxyl groups is 1. The van der Waals surface area contributed by atoms with E-state index in [2.05, 4.69) is 23.6 Å². The van der Waals surface area contributed by atoms with Crippen LogP contribution in [0.3, 0.4) is 0 Å². The third-order valence-electron chi connectivity index (χ3n) is 5.98. The molecule has 0 amide bonds. The van der Waals surface area contributed by atoms with Gasteiger partial charge in [-0.25, -0.2) is 4.57 Å². The summed E-state index contributed by atoms with van der Waals surface area (Å²) >= 11 is 0. The number of nitrogens with zero attached hydrogens (tertiary/aromatic N) is 3. The van der Waals surface area contributed by atoms with Crippen LogP contribution in [0.1, 0.15) is 5.56 Å². The molecule has 0 atom stereocenters. The summed E-state index contributed by atoms with van der Waals surface area (Å²) in [5.41, 5.74) is 5.32. The number of hydrogen-bond donors (Lipinski definition) is 1. The molecular weight excluding hydrogens is 505 g/mol. The summed E-state index contributed by atoms with van der Waals surface area (Å²) in [6, 6.07) is 16.4. The van der Waals surface area contributed by atoms with Crippen LogP contribution in [0.15, 0.2) is 60.8 Å². The fourth-order valence-corrected chi connectivity index (χ4v) is 4.57. The van der Waals surface area contributed by atoms with Crippen LogP contribution < -0.4 is 28.5 Å². The number of aromatic nitrogens is 2. The molecule has 0 aliphatic rings. The van der Waals surface area contributed by atoms with E-state index in [1.54, 1.807) is 24.3 Å². The molecule has 7 heteroatoms. The monoisotopic (exact) mass is 525 g/mol. The summed E-state index contributed by atoms with van der Waals surface area (Å²) in [5, 5.41) is 25.4. The van der Waals surface area contributed by atoms with Gasteiger partial charge in [-0.1, -0.05) is 0 Å². The molecule has 0 bridgehead atoms. The fraction of sp³-hybridized carbons (Fsp3) is 0.125. The summed E-state index contributed by atoms with van der Waals surface area (Å²) in [4.78, 5) is 10.7. The van der Waals surface area contributed by atoms with E-state index in [0.717, 1.165) is 49.4 Å². The highest BCUT2D eigenvalue weighted by atomic mass is 127. The van der Waals surface area contributed by atoms with Crippen LogP contribution in [0.25, 0.3) is 43.8 Å². The molecule has 0 saturated heterocycles. The first-order chi connectivity index (χ1) is 14.4. The fourth-order valence-electron chi connectivity index (χ4n) is 4.57. The number of halogens is 1. The van der Waals surface area contributed by atoms with E-state index >= 15 is 0 Å². The first kappa shape index (κ1) is 21.0. The van der Waals surface area contributed by atoms with E-state index in [0.29, 0.717) is 0 Å². The Morgan fingerprint density at radius 3 is 2.35 bits per heavy atom. The van der Waals surface area contributed by atoms with Crippen LogP contribution in [-0.4, -0.2) is 14.6 Å². The Bertz CT molecular complexity index is 1500. The van der Waals surface area contributed by atoms with Crippen molar-refractivity contribution >= 4 is 38.3 Å².